The van der Waals surface area contributed by atoms with Crippen LogP contribution >= 0.6 is 11.8 Å². The quantitative estimate of drug-likeness (QED) is 0.280. The molecular formula is C17H22N2O6S. The lowest BCUT2D eigenvalue weighted by atomic mass is 9.96. The Hall–Kier alpha value is -2.29. The van der Waals surface area contributed by atoms with Gasteiger partial charge in [-0.2, -0.15) is 0 Å². The van der Waals surface area contributed by atoms with Gasteiger partial charge in [0.2, 0.25) is 11.8 Å². The summed E-state index contributed by atoms with van der Waals surface area (Å²) in [5.74, 6) is -2.18. The van der Waals surface area contributed by atoms with Gasteiger partial charge in [0.05, 0.1) is 0 Å². The second-order valence-corrected chi connectivity index (χ2v) is 8.14. The van der Waals surface area contributed by atoms with E-state index >= 15 is 0 Å². The minimum atomic E-state index is -0.781. The smallest absolute Gasteiger partial charge is 0.330 e. The molecule has 0 aromatic rings. The molecule has 9 heteroatoms. The number of carbonyl (C=O) groups excluding carboxylic acids is 4. The number of fused-ring (bicyclic) bond motifs is 1. The Labute approximate surface area is 155 Å². The number of rotatable bonds is 8. The fraction of sp³-hybridized carbons (Fsp3) is 0.529. The summed E-state index contributed by atoms with van der Waals surface area (Å²) in [6.45, 7) is 10.7. The van der Waals surface area contributed by atoms with Gasteiger partial charge in [0.25, 0.3) is 0 Å². The molecule has 2 aliphatic rings. The monoisotopic (exact) mass is 382 g/mol. The van der Waals surface area contributed by atoms with Crippen LogP contribution in [-0.4, -0.2) is 64.1 Å². The zero-order chi connectivity index (χ0) is 19.5. The van der Waals surface area contributed by atoms with Crippen molar-refractivity contribution in [3.63, 3.8) is 0 Å². The summed E-state index contributed by atoms with van der Waals surface area (Å²) in [4.78, 5) is 49.6. The molecule has 142 valence electrons. The molecule has 26 heavy (non-hydrogen) atoms. The number of amides is 2. The third kappa shape index (κ3) is 3.92. The van der Waals surface area contributed by atoms with Crippen LogP contribution in [0.25, 0.3) is 0 Å². The van der Waals surface area contributed by atoms with Crippen molar-refractivity contribution in [2.75, 3.05) is 13.2 Å². The molecule has 0 spiro atoms. The molecule has 0 saturated carbocycles. The van der Waals surface area contributed by atoms with Crippen LogP contribution in [-0.2, 0) is 28.7 Å². The van der Waals surface area contributed by atoms with Crippen molar-refractivity contribution in [2.45, 2.75) is 42.5 Å². The highest BCUT2D eigenvalue weighted by atomic mass is 32.2. The zero-order valence-electron chi connectivity index (χ0n) is 14.7. The van der Waals surface area contributed by atoms with Crippen molar-refractivity contribution >= 4 is 35.5 Å². The average Bonchev–Trinajstić information content (AvgIpc) is 2.83. The van der Waals surface area contributed by atoms with Gasteiger partial charge in [0.1, 0.15) is 37.1 Å². The van der Waals surface area contributed by atoms with Crippen molar-refractivity contribution in [1.29, 1.82) is 0 Å². The van der Waals surface area contributed by atoms with E-state index in [0.717, 1.165) is 0 Å². The van der Waals surface area contributed by atoms with Gasteiger partial charge in [0.15, 0.2) is 0 Å². The van der Waals surface area contributed by atoms with E-state index in [2.05, 4.69) is 18.5 Å². The highest BCUT2D eigenvalue weighted by molar-refractivity contribution is 8.01. The predicted molar refractivity (Wildman–Crippen MR) is 95.0 cm³/mol. The lowest BCUT2D eigenvalue weighted by Gasteiger charge is -2.43. The van der Waals surface area contributed by atoms with Crippen molar-refractivity contribution in [3.05, 3.63) is 25.3 Å². The summed E-state index contributed by atoms with van der Waals surface area (Å²) in [7, 11) is 0. The molecule has 1 N–H and O–H groups in total. The molecule has 2 amide bonds. The van der Waals surface area contributed by atoms with Gasteiger partial charge < -0.3 is 19.7 Å². The Balaban J connectivity index is 1.98. The molecule has 3 unspecified atom stereocenters. The van der Waals surface area contributed by atoms with Gasteiger partial charge in [-0.3, -0.25) is 14.4 Å². The van der Waals surface area contributed by atoms with Crippen LogP contribution in [0.2, 0.25) is 0 Å². The molecule has 0 aliphatic carbocycles. The van der Waals surface area contributed by atoms with E-state index in [1.165, 1.54) is 28.8 Å². The molecular weight excluding hydrogens is 360 g/mol. The third-order valence-electron chi connectivity index (χ3n) is 3.99. The van der Waals surface area contributed by atoms with Crippen molar-refractivity contribution in [3.8, 4) is 0 Å². The molecule has 2 fully saturated rings. The Bertz CT molecular complexity index is 647. The molecule has 0 aromatic heterocycles. The van der Waals surface area contributed by atoms with Gasteiger partial charge in [-0.15, -0.1) is 11.8 Å². The van der Waals surface area contributed by atoms with E-state index < -0.39 is 41.1 Å². The Kier molecular flexibility index (Phi) is 6.12. The molecule has 2 heterocycles. The molecule has 2 saturated heterocycles. The van der Waals surface area contributed by atoms with Gasteiger partial charge in [-0.1, -0.05) is 25.3 Å². The minimum absolute atomic E-state index is 0.0173. The van der Waals surface area contributed by atoms with E-state index in [1.807, 2.05) is 13.8 Å². The summed E-state index contributed by atoms with van der Waals surface area (Å²) in [6, 6.07) is -1.52. The van der Waals surface area contributed by atoms with Crippen molar-refractivity contribution < 1.29 is 28.7 Å². The molecule has 0 radical (unpaired) electrons. The summed E-state index contributed by atoms with van der Waals surface area (Å²) < 4.78 is 9.27. The van der Waals surface area contributed by atoms with Gasteiger partial charge in [0, 0.05) is 4.75 Å². The summed E-state index contributed by atoms with van der Waals surface area (Å²) in [5.41, 5.74) is 0. The van der Waals surface area contributed by atoms with Crippen LogP contribution in [0.1, 0.15) is 20.3 Å². The van der Waals surface area contributed by atoms with Gasteiger partial charge in [-0.25, -0.2) is 4.79 Å². The van der Waals surface area contributed by atoms with E-state index in [9.17, 15) is 19.2 Å². The Morgan fingerprint density at radius 2 is 1.85 bits per heavy atom. The van der Waals surface area contributed by atoms with Gasteiger partial charge in [-0.05, 0) is 13.8 Å². The number of esters is 2. The first-order valence-corrected chi connectivity index (χ1v) is 8.94. The summed E-state index contributed by atoms with van der Waals surface area (Å²) >= 11 is 1.41. The topological polar surface area (TPSA) is 102 Å². The normalized spacial score (nSPS) is 25.5. The maximum absolute atomic E-state index is 12.5. The maximum Gasteiger partial charge on any atom is 0.330 e. The fourth-order valence-electron chi connectivity index (χ4n) is 2.90. The second-order valence-electron chi connectivity index (χ2n) is 6.37. The van der Waals surface area contributed by atoms with Crippen LogP contribution < -0.4 is 5.32 Å². The largest absolute Gasteiger partial charge is 0.461 e. The summed E-state index contributed by atoms with van der Waals surface area (Å²) in [5, 5.41) is 2.16. The SMILES string of the molecule is C=CCOC(=O)CC(=O)NC1C(=O)N2C1SC(C)(C)C2C(=O)OCC=C. The highest BCUT2D eigenvalue weighted by Gasteiger charge is 2.64. The Morgan fingerprint density at radius 3 is 2.46 bits per heavy atom. The lowest BCUT2D eigenvalue weighted by molar-refractivity contribution is -0.163. The van der Waals surface area contributed by atoms with E-state index in [4.69, 9.17) is 9.47 Å². The van der Waals surface area contributed by atoms with Crippen LogP contribution in [0.5, 0.6) is 0 Å². The van der Waals surface area contributed by atoms with E-state index in [-0.39, 0.29) is 24.5 Å². The first kappa shape index (κ1) is 20.0. The van der Waals surface area contributed by atoms with Crippen LogP contribution in [0, 0.1) is 0 Å². The van der Waals surface area contributed by atoms with E-state index in [1.54, 1.807) is 0 Å². The first-order valence-electron chi connectivity index (χ1n) is 8.06. The second kappa shape index (κ2) is 7.94. The maximum atomic E-state index is 12.5. The van der Waals surface area contributed by atoms with Crippen molar-refractivity contribution in [1.82, 2.24) is 10.2 Å². The number of ether oxygens (including phenoxy) is 2. The minimum Gasteiger partial charge on any atom is -0.461 e. The van der Waals surface area contributed by atoms with Gasteiger partial charge >= 0.3 is 11.9 Å². The molecule has 2 rings (SSSR count). The van der Waals surface area contributed by atoms with Crippen LogP contribution in [0.15, 0.2) is 25.3 Å². The summed E-state index contributed by atoms with van der Waals surface area (Å²) in [6.07, 6.45) is 2.37. The number of thioether (sulfide) groups is 1. The standard InChI is InChI=1S/C17H22N2O6S/c1-5-7-24-11(21)9-10(20)18-12-14(22)19-13(16(23)25-8-6-2)17(3,4)26-15(12)19/h5-6,12-13,15H,1-2,7-9H2,3-4H3,(H,18,20). The number of hydrogen-bond donors (Lipinski definition) is 1. The molecule has 3 atom stereocenters. The zero-order valence-corrected chi connectivity index (χ0v) is 15.5. The lowest BCUT2D eigenvalue weighted by Crippen LogP contribution is -2.70. The number of nitrogens with zero attached hydrogens (tertiary/aromatic N) is 1. The predicted octanol–water partition coefficient (Wildman–Crippen LogP) is 0.382. The third-order valence-corrected chi connectivity index (χ3v) is 5.56. The number of carbonyl (C=O) groups is 4. The average molecular weight is 382 g/mol. The van der Waals surface area contributed by atoms with Crippen LogP contribution in [0.3, 0.4) is 0 Å². The fourth-order valence-corrected chi connectivity index (χ4v) is 4.53. The number of β-lactam (4-membered cyclic amide) rings is 1. The molecule has 0 bridgehead atoms. The molecule has 8 nitrogen and oxygen atoms in total. The van der Waals surface area contributed by atoms with Crippen molar-refractivity contribution in [2.24, 2.45) is 0 Å². The first-order chi connectivity index (χ1) is 12.2. The van der Waals surface area contributed by atoms with E-state index in [0.29, 0.717) is 0 Å². The number of hydrogen-bond acceptors (Lipinski definition) is 7. The highest BCUT2D eigenvalue weighted by Crippen LogP contribution is 2.51. The molecule has 0 aromatic carbocycles. The number of nitrogens with one attached hydrogen (secondary N) is 1. The Morgan fingerprint density at radius 1 is 1.23 bits per heavy atom. The molecule has 2 aliphatic heterocycles. The van der Waals surface area contributed by atoms with Crippen LogP contribution in [0.4, 0.5) is 0 Å².